The fraction of sp³-hybridized carbons (Fsp3) is 0. The number of nitrogens with one attached hydrogen (secondary N) is 1. The van der Waals surface area contributed by atoms with Crippen LogP contribution in [0.4, 0.5) is 0 Å². The molecule has 0 unspecified atom stereocenters. The van der Waals surface area contributed by atoms with Crippen LogP contribution in [0.1, 0.15) is 5.56 Å². The lowest BCUT2D eigenvalue weighted by Crippen LogP contribution is -2.04. The first-order valence-corrected chi connectivity index (χ1v) is 5.24. The normalized spacial score (nSPS) is 10.5. The maximum atomic E-state index is 12.2. The van der Waals surface area contributed by atoms with Crippen molar-refractivity contribution < 1.29 is 0 Å². The number of rotatable bonds is 0. The summed E-state index contributed by atoms with van der Waals surface area (Å²) in [7, 11) is 0. The Morgan fingerprint density at radius 1 is 1.00 bits per heavy atom. The zero-order valence-electron chi connectivity index (χ0n) is 8.90. The highest BCUT2D eigenvalue weighted by atomic mass is 16.1. The van der Waals surface area contributed by atoms with Crippen LogP contribution >= 0.6 is 0 Å². The van der Waals surface area contributed by atoms with Crippen LogP contribution in [0.5, 0.6) is 0 Å². The summed E-state index contributed by atoms with van der Waals surface area (Å²) in [4.78, 5) is 15.4. The van der Waals surface area contributed by atoms with Gasteiger partial charge in [-0.25, -0.2) is 0 Å². The van der Waals surface area contributed by atoms with Crippen LogP contribution < -0.4 is 5.43 Å². The van der Waals surface area contributed by atoms with E-state index in [0.29, 0.717) is 16.3 Å². The van der Waals surface area contributed by atoms with Gasteiger partial charge in [0.15, 0.2) is 5.43 Å². The van der Waals surface area contributed by atoms with Crippen molar-refractivity contribution in [3.63, 3.8) is 0 Å². The van der Waals surface area contributed by atoms with Crippen molar-refractivity contribution in [2.45, 2.75) is 0 Å². The Morgan fingerprint density at radius 2 is 1.76 bits per heavy atom. The van der Waals surface area contributed by atoms with Crippen molar-refractivity contribution in [2.75, 3.05) is 0 Å². The lowest BCUT2D eigenvalue weighted by atomic mass is 10.1. The van der Waals surface area contributed by atoms with Gasteiger partial charge in [-0.15, -0.1) is 0 Å². The zero-order valence-corrected chi connectivity index (χ0v) is 8.90. The SMILES string of the molecule is N#Cc1ccc2[nH]c3ccccc3c(=O)c2c1. The van der Waals surface area contributed by atoms with Gasteiger partial charge in [0.2, 0.25) is 0 Å². The Hall–Kier alpha value is -2.60. The Morgan fingerprint density at radius 3 is 2.59 bits per heavy atom. The van der Waals surface area contributed by atoms with Gasteiger partial charge in [0.25, 0.3) is 0 Å². The molecule has 0 aliphatic heterocycles. The minimum atomic E-state index is -0.0357. The molecule has 0 aliphatic rings. The van der Waals surface area contributed by atoms with Crippen molar-refractivity contribution >= 4 is 21.8 Å². The van der Waals surface area contributed by atoms with Gasteiger partial charge in [-0.2, -0.15) is 5.26 Å². The Labute approximate surface area is 96.9 Å². The first-order valence-electron chi connectivity index (χ1n) is 5.24. The fourth-order valence-corrected chi connectivity index (χ4v) is 1.99. The minimum absolute atomic E-state index is 0.0357. The lowest BCUT2D eigenvalue weighted by molar-refractivity contribution is 1.46. The largest absolute Gasteiger partial charge is 0.354 e. The second-order valence-corrected chi connectivity index (χ2v) is 3.87. The van der Waals surface area contributed by atoms with Crippen LogP contribution in [0, 0.1) is 11.3 Å². The number of hydrogen-bond donors (Lipinski definition) is 1. The highest BCUT2D eigenvalue weighted by Crippen LogP contribution is 2.15. The van der Waals surface area contributed by atoms with E-state index in [1.54, 1.807) is 24.3 Å². The van der Waals surface area contributed by atoms with E-state index in [9.17, 15) is 4.79 Å². The Bertz CT molecular complexity index is 825. The third kappa shape index (κ3) is 1.39. The summed E-state index contributed by atoms with van der Waals surface area (Å²) in [6.07, 6.45) is 0. The average molecular weight is 220 g/mol. The summed E-state index contributed by atoms with van der Waals surface area (Å²) < 4.78 is 0. The van der Waals surface area contributed by atoms with Crippen LogP contribution in [0.25, 0.3) is 21.8 Å². The van der Waals surface area contributed by atoms with Gasteiger partial charge in [-0.3, -0.25) is 4.79 Å². The van der Waals surface area contributed by atoms with E-state index in [1.807, 2.05) is 24.3 Å². The molecule has 17 heavy (non-hydrogen) atoms. The number of benzene rings is 2. The van der Waals surface area contributed by atoms with Gasteiger partial charge in [0, 0.05) is 21.8 Å². The Balaban J connectivity index is 2.57. The first-order chi connectivity index (χ1) is 8.29. The van der Waals surface area contributed by atoms with Gasteiger partial charge in [-0.05, 0) is 30.3 Å². The number of hydrogen-bond acceptors (Lipinski definition) is 2. The van der Waals surface area contributed by atoms with Gasteiger partial charge in [0.05, 0.1) is 11.6 Å². The maximum Gasteiger partial charge on any atom is 0.197 e. The second-order valence-electron chi connectivity index (χ2n) is 3.87. The minimum Gasteiger partial charge on any atom is -0.354 e. The van der Waals surface area contributed by atoms with E-state index in [4.69, 9.17) is 5.26 Å². The van der Waals surface area contributed by atoms with E-state index in [1.165, 1.54) is 0 Å². The number of H-pyrrole nitrogens is 1. The molecule has 80 valence electrons. The van der Waals surface area contributed by atoms with E-state index >= 15 is 0 Å². The van der Waals surface area contributed by atoms with Crippen molar-refractivity contribution in [3.8, 4) is 6.07 Å². The van der Waals surface area contributed by atoms with Gasteiger partial charge in [0.1, 0.15) is 0 Å². The summed E-state index contributed by atoms with van der Waals surface area (Å²) in [6.45, 7) is 0. The lowest BCUT2D eigenvalue weighted by Gasteiger charge is -2.02. The highest BCUT2D eigenvalue weighted by molar-refractivity contribution is 5.92. The molecule has 3 heteroatoms. The molecule has 2 aromatic carbocycles. The molecule has 0 atom stereocenters. The van der Waals surface area contributed by atoms with E-state index in [0.717, 1.165) is 11.0 Å². The summed E-state index contributed by atoms with van der Waals surface area (Å²) in [5.74, 6) is 0. The summed E-state index contributed by atoms with van der Waals surface area (Å²) >= 11 is 0. The molecule has 0 spiro atoms. The molecule has 0 fully saturated rings. The Kier molecular flexibility index (Phi) is 1.96. The van der Waals surface area contributed by atoms with Gasteiger partial charge < -0.3 is 4.98 Å². The number of nitriles is 1. The smallest absolute Gasteiger partial charge is 0.197 e. The number of pyridine rings is 1. The molecule has 0 radical (unpaired) electrons. The van der Waals surface area contributed by atoms with Gasteiger partial charge >= 0.3 is 0 Å². The third-order valence-corrected chi connectivity index (χ3v) is 2.83. The molecule has 3 aromatic rings. The molecule has 3 nitrogen and oxygen atoms in total. The standard InChI is InChI=1S/C14H8N2O/c15-8-9-5-6-13-11(7-9)14(17)10-3-1-2-4-12(10)16-13/h1-7H,(H,16,17). The number of aromatic nitrogens is 1. The third-order valence-electron chi connectivity index (χ3n) is 2.83. The number of aromatic amines is 1. The van der Waals surface area contributed by atoms with Crippen molar-refractivity contribution in [1.82, 2.24) is 4.98 Å². The molecule has 3 rings (SSSR count). The number of fused-ring (bicyclic) bond motifs is 2. The quantitative estimate of drug-likeness (QED) is 0.592. The predicted octanol–water partition coefficient (Wildman–Crippen LogP) is 2.55. The second kappa shape index (κ2) is 3.46. The van der Waals surface area contributed by atoms with Crippen LogP contribution in [-0.2, 0) is 0 Å². The van der Waals surface area contributed by atoms with Crippen LogP contribution in [-0.4, -0.2) is 4.98 Å². The summed E-state index contributed by atoms with van der Waals surface area (Å²) in [6, 6.07) is 14.5. The predicted molar refractivity (Wildman–Crippen MR) is 66.8 cm³/mol. The summed E-state index contributed by atoms with van der Waals surface area (Å²) in [5.41, 5.74) is 2.03. The summed E-state index contributed by atoms with van der Waals surface area (Å²) in [5, 5.41) is 10.0. The van der Waals surface area contributed by atoms with Crippen LogP contribution in [0.15, 0.2) is 47.3 Å². The molecule has 0 saturated heterocycles. The van der Waals surface area contributed by atoms with Crippen molar-refractivity contribution in [3.05, 3.63) is 58.3 Å². The molecular formula is C14H8N2O. The molecular weight excluding hydrogens is 212 g/mol. The molecule has 0 amide bonds. The number of nitrogens with zero attached hydrogens (tertiary/aromatic N) is 1. The van der Waals surface area contributed by atoms with Crippen molar-refractivity contribution in [1.29, 1.82) is 5.26 Å². The fourth-order valence-electron chi connectivity index (χ4n) is 1.99. The molecule has 1 N–H and O–H groups in total. The van der Waals surface area contributed by atoms with E-state index in [2.05, 4.69) is 4.98 Å². The van der Waals surface area contributed by atoms with Crippen LogP contribution in [0.2, 0.25) is 0 Å². The molecule has 0 aliphatic carbocycles. The maximum absolute atomic E-state index is 12.2. The van der Waals surface area contributed by atoms with Gasteiger partial charge in [-0.1, -0.05) is 12.1 Å². The molecule has 0 saturated carbocycles. The van der Waals surface area contributed by atoms with Crippen LogP contribution in [0.3, 0.4) is 0 Å². The van der Waals surface area contributed by atoms with E-state index in [-0.39, 0.29) is 5.43 Å². The van der Waals surface area contributed by atoms with E-state index < -0.39 is 0 Å². The van der Waals surface area contributed by atoms with Crippen molar-refractivity contribution in [2.24, 2.45) is 0 Å². The topological polar surface area (TPSA) is 56.6 Å². The molecule has 1 aromatic heterocycles. The molecule has 1 heterocycles. The molecule has 0 bridgehead atoms. The zero-order chi connectivity index (χ0) is 11.8. The average Bonchev–Trinajstić information content (AvgIpc) is 2.39. The highest BCUT2D eigenvalue weighted by Gasteiger charge is 2.05. The monoisotopic (exact) mass is 220 g/mol. The number of para-hydroxylation sites is 1. The first kappa shape index (κ1) is 9.61.